The van der Waals surface area contributed by atoms with Crippen LogP contribution in [0.3, 0.4) is 0 Å². The van der Waals surface area contributed by atoms with Gasteiger partial charge in [0.05, 0.1) is 0 Å². The molecular weight excluding hydrogens is 248 g/mol. The number of hydrogen-bond acceptors (Lipinski definition) is 10. The molecule has 0 aromatic carbocycles. The lowest BCUT2D eigenvalue weighted by molar-refractivity contribution is -0.500. The van der Waals surface area contributed by atoms with Crippen LogP contribution in [0.15, 0.2) is 0 Å². The van der Waals surface area contributed by atoms with Gasteiger partial charge in [-0.3, -0.25) is 0 Å². The minimum Gasteiger partial charge on any atom is -0.477 e. The molecule has 0 bridgehead atoms. The first-order chi connectivity index (χ1) is 7.25. The van der Waals surface area contributed by atoms with Crippen LogP contribution >= 0.6 is 0 Å². The normalized spacial score (nSPS) is 14.9. The highest BCUT2D eigenvalue weighted by molar-refractivity contribution is 5.76. The molecule has 11 nitrogen and oxygen atoms in total. The van der Waals surface area contributed by atoms with Gasteiger partial charge in [0.2, 0.25) is 5.79 Å². The maximum absolute atomic E-state index is 10.3. The topological polar surface area (TPSA) is 219 Å². The fourth-order valence-electron chi connectivity index (χ4n) is 0.782. The summed E-state index contributed by atoms with van der Waals surface area (Å²) in [5.74, 6) is -20.7. The molecule has 0 aromatic heterocycles. The molecule has 0 spiro atoms. The van der Waals surface area contributed by atoms with Crippen molar-refractivity contribution in [2.24, 2.45) is 0 Å². The lowest BCUT2D eigenvalue weighted by Crippen LogP contribution is -2.78. The number of aliphatic carboxylic acids is 1. The summed E-state index contributed by atoms with van der Waals surface area (Å²) in [6, 6.07) is 0. The molecule has 0 saturated heterocycles. The zero-order valence-electron chi connectivity index (χ0n) is 8.09. The van der Waals surface area contributed by atoms with Gasteiger partial charge in [-0.1, -0.05) is 0 Å². The summed E-state index contributed by atoms with van der Waals surface area (Å²) in [4.78, 5) is 10.3. The van der Waals surface area contributed by atoms with Crippen molar-refractivity contribution in [1.82, 2.24) is 0 Å². The van der Waals surface area contributed by atoms with Crippen molar-refractivity contribution < 1.29 is 55.9 Å². The quantitative estimate of drug-likeness (QED) is 0.209. The summed E-state index contributed by atoms with van der Waals surface area (Å²) in [5, 5.41) is 87.5. The fraction of sp³-hybridized carbons (Fsp3) is 0.833. The molecule has 0 heterocycles. The van der Waals surface area contributed by atoms with Gasteiger partial charge in [0, 0.05) is 0 Å². The third kappa shape index (κ3) is 2.11. The van der Waals surface area contributed by atoms with E-state index in [4.69, 9.17) is 51.1 Å². The van der Waals surface area contributed by atoms with Crippen molar-refractivity contribution in [2.75, 3.05) is 6.61 Å². The number of carboxylic acids is 1. The van der Waals surface area contributed by atoms with E-state index in [-0.39, 0.29) is 0 Å². The Bertz CT molecular complexity index is 303. The van der Waals surface area contributed by atoms with Crippen LogP contribution < -0.4 is 0 Å². The van der Waals surface area contributed by atoms with Gasteiger partial charge < -0.3 is 51.1 Å². The predicted molar refractivity (Wildman–Crippen MR) is 43.4 cm³/mol. The highest BCUT2D eigenvalue weighted by Gasteiger charge is 2.72. The van der Waals surface area contributed by atoms with Crippen LogP contribution in [0.2, 0.25) is 0 Å². The molecule has 0 unspecified atom stereocenters. The molecule has 0 fully saturated rings. The van der Waals surface area contributed by atoms with Gasteiger partial charge in [-0.15, -0.1) is 0 Å². The average Bonchev–Trinajstić information content (AvgIpc) is 2.16. The van der Waals surface area contributed by atoms with Crippen molar-refractivity contribution in [2.45, 2.75) is 23.1 Å². The molecule has 0 radical (unpaired) electrons. The summed E-state index contributed by atoms with van der Waals surface area (Å²) >= 11 is 0. The molecule has 0 rings (SSSR count). The average molecular weight is 260 g/mol. The summed E-state index contributed by atoms with van der Waals surface area (Å²) in [6.45, 7) is -1.89. The Balaban J connectivity index is 5.69. The Morgan fingerprint density at radius 1 is 0.824 bits per heavy atom. The minimum atomic E-state index is -4.74. The second kappa shape index (κ2) is 4.09. The van der Waals surface area contributed by atoms with Crippen molar-refractivity contribution in [3.05, 3.63) is 0 Å². The van der Waals surface area contributed by atoms with E-state index in [1.165, 1.54) is 0 Å². The number of rotatable bonds is 5. The van der Waals surface area contributed by atoms with Gasteiger partial charge in [0.1, 0.15) is 6.61 Å². The lowest BCUT2D eigenvalue weighted by atomic mass is 9.90. The van der Waals surface area contributed by atoms with Crippen LogP contribution in [-0.4, -0.2) is 86.8 Å². The van der Waals surface area contributed by atoms with Crippen LogP contribution in [-0.2, 0) is 4.79 Å². The molecule has 11 heteroatoms. The fourth-order valence-corrected chi connectivity index (χ4v) is 0.782. The SMILES string of the molecule is O=C(O)C(O)(O)C(O)(O)C(O)(O)C(O)(O)CO. The molecule has 0 saturated carbocycles. The molecule has 0 aromatic rings. The first kappa shape index (κ1) is 16.1. The Kier molecular flexibility index (Phi) is 3.88. The number of carboxylic acid groups (broad SMARTS) is 1. The number of aliphatic hydroxyl groups is 9. The second-order valence-electron chi connectivity index (χ2n) is 3.30. The van der Waals surface area contributed by atoms with Crippen molar-refractivity contribution in [1.29, 1.82) is 0 Å². The highest BCUT2D eigenvalue weighted by atomic mass is 16.7. The Hall–Kier alpha value is -0.890. The zero-order valence-corrected chi connectivity index (χ0v) is 8.09. The Morgan fingerprint density at radius 2 is 1.18 bits per heavy atom. The first-order valence-corrected chi connectivity index (χ1v) is 3.89. The van der Waals surface area contributed by atoms with Crippen molar-refractivity contribution >= 4 is 5.97 Å². The zero-order chi connectivity index (χ0) is 14.3. The van der Waals surface area contributed by atoms with Gasteiger partial charge in [-0.2, -0.15) is 0 Å². The second-order valence-corrected chi connectivity index (χ2v) is 3.30. The smallest absolute Gasteiger partial charge is 0.370 e. The lowest BCUT2D eigenvalue weighted by Gasteiger charge is -2.44. The molecule has 10 N–H and O–H groups in total. The number of hydrogen-bond donors (Lipinski definition) is 10. The molecular formula is C6H12O11. The van der Waals surface area contributed by atoms with E-state index in [1.54, 1.807) is 0 Å². The minimum absolute atomic E-state index is 1.89. The van der Waals surface area contributed by atoms with E-state index in [1.807, 2.05) is 0 Å². The third-order valence-corrected chi connectivity index (χ3v) is 2.05. The van der Waals surface area contributed by atoms with E-state index in [2.05, 4.69) is 0 Å². The summed E-state index contributed by atoms with van der Waals surface area (Å²) < 4.78 is 0. The molecule has 0 atom stereocenters. The van der Waals surface area contributed by atoms with Gasteiger partial charge in [-0.25, -0.2) is 4.79 Å². The summed E-state index contributed by atoms with van der Waals surface area (Å²) in [6.07, 6.45) is 0. The molecule has 0 aliphatic heterocycles. The van der Waals surface area contributed by atoms with Crippen molar-refractivity contribution in [3.8, 4) is 0 Å². The van der Waals surface area contributed by atoms with E-state index < -0.39 is 35.7 Å². The molecule has 17 heavy (non-hydrogen) atoms. The highest BCUT2D eigenvalue weighted by Crippen LogP contribution is 2.34. The maximum Gasteiger partial charge on any atom is 0.370 e. The van der Waals surface area contributed by atoms with E-state index in [0.717, 1.165) is 0 Å². The van der Waals surface area contributed by atoms with Crippen LogP contribution in [0.4, 0.5) is 0 Å². The van der Waals surface area contributed by atoms with E-state index >= 15 is 0 Å². The van der Waals surface area contributed by atoms with Gasteiger partial charge >= 0.3 is 11.8 Å². The Morgan fingerprint density at radius 3 is 1.41 bits per heavy atom. The predicted octanol–water partition coefficient (Wildman–Crippen LogP) is -6.21. The summed E-state index contributed by atoms with van der Waals surface area (Å²) in [7, 11) is 0. The monoisotopic (exact) mass is 260 g/mol. The molecule has 0 aliphatic carbocycles. The molecule has 0 aliphatic rings. The first-order valence-electron chi connectivity index (χ1n) is 3.89. The van der Waals surface area contributed by atoms with Crippen LogP contribution in [0.5, 0.6) is 0 Å². The number of aliphatic hydroxyl groups excluding tert-OH is 1. The summed E-state index contributed by atoms with van der Waals surface area (Å²) in [5.41, 5.74) is 0. The Labute approximate surface area is 92.7 Å². The van der Waals surface area contributed by atoms with E-state index in [0.29, 0.717) is 0 Å². The standard InChI is InChI=1S/C6H12O11/c7-1-3(10,11)5(14,15)6(16,17)4(12,13)2(8)9/h7,10-17H,1H2,(H,8,9). The van der Waals surface area contributed by atoms with E-state index in [9.17, 15) is 4.79 Å². The third-order valence-electron chi connectivity index (χ3n) is 2.05. The molecule has 0 amide bonds. The van der Waals surface area contributed by atoms with Crippen LogP contribution in [0.25, 0.3) is 0 Å². The van der Waals surface area contributed by atoms with Gasteiger partial charge in [-0.05, 0) is 0 Å². The van der Waals surface area contributed by atoms with Crippen molar-refractivity contribution in [3.63, 3.8) is 0 Å². The van der Waals surface area contributed by atoms with Gasteiger partial charge in [0.25, 0.3) is 11.6 Å². The van der Waals surface area contributed by atoms with Crippen LogP contribution in [0.1, 0.15) is 0 Å². The van der Waals surface area contributed by atoms with Gasteiger partial charge in [0.15, 0.2) is 0 Å². The maximum atomic E-state index is 10.3. The van der Waals surface area contributed by atoms with Crippen LogP contribution in [0, 0.1) is 0 Å². The number of carbonyl (C=O) groups is 1. The largest absolute Gasteiger partial charge is 0.477 e. The molecule has 102 valence electrons.